The highest BCUT2D eigenvalue weighted by Gasteiger charge is 2.10. The zero-order chi connectivity index (χ0) is 20.9. The summed E-state index contributed by atoms with van der Waals surface area (Å²) in [6.07, 6.45) is 3.44. The number of hydrogen-bond acceptors (Lipinski definition) is 3. The van der Waals surface area contributed by atoms with Crippen LogP contribution in [-0.4, -0.2) is 15.9 Å². The first-order chi connectivity index (χ1) is 14.6. The fourth-order valence-corrected chi connectivity index (χ4v) is 2.97. The van der Waals surface area contributed by atoms with Crippen molar-refractivity contribution in [3.8, 4) is 17.1 Å². The van der Waals surface area contributed by atoms with E-state index in [1.54, 1.807) is 48.8 Å². The summed E-state index contributed by atoms with van der Waals surface area (Å²) in [7, 11) is 0. The molecule has 0 unspecified atom stereocenters. The van der Waals surface area contributed by atoms with Gasteiger partial charge in [0.25, 0.3) is 5.91 Å². The van der Waals surface area contributed by atoms with Gasteiger partial charge in [0.05, 0.1) is 0 Å². The molecule has 1 aromatic heterocycles. The minimum Gasteiger partial charge on any atom is -0.489 e. The van der Waals surface area contributed by atoms with E-state index in [-0.39, 0.29) is 11.7 Å². The normalized spacial score (nSPS) is 10.6. The Bertz CT molecular complexity index is 1140. The summed E-state index contributed by atoms with van der Waals surface area (Å²) >= 11 is 0. The van der Waals surface area contributed by atoms with Gasteiger partial charge in [0.2, 0.25) is 0 Å². The van der Waals surface area contributed by atoms with E-state index in [1.165, 1.54) is 12.1 Å². The first-order valence-corrected chi connectivity index (χ1v) is 9.47. The maximum atomic E-state index is 13.0. The van der Waals surface area contributed by atoms with Gasteiger partial charge < -0.3 is 15.0 Å². The third-order valence-electron chi connectivity index (χ3n) is 4.69. The lowest BCUT2D eigenvalue weighted by Gasteiger charge is -2.11. The molecule has 1 heterocycles. The second-order valence-corrected chi connectivity index (χ2v) is 6.86. The largest absolute Gasteiger partial charge is 0.489 e. The highest BCUT2D eigenvalue weighted by Crippen LogP contribution is 2.24. The summed E-state index contributed by atoms with van der Waals surface area (Å²) < 4.78 is 18.7. The van der Waals surface area contributed by atoms with E-state index in [0.29, 0.717) is 17.9 Å². The molecule has 0 bridgehead atoms. The highest BCUT2D eigenvalue weighted by molar-refractivity contribution is 6.05. The Morgan fingerprint density at radius 1 is 1.07 bits per heavy atom. The van der Waals surface area contributed by atoms with Crippen LogP contribution >= 0.6 is 0 Å². The molecule has 0 aliphatic rings. The van der Waals surface area contributed by atoms with Gasteiger partial charge in [-0.1, -0.05) is 24.3 Å². The molecule has 0 atom stereocenters. The van der Waals surface area contributed by atoms with Gasteiger partial charge in [-0.05, 0) is 60.5 Å². The fraction of sp³-hybridized carbons (Fsp3) is 0.0833. The number of H-pyrrole nitrogens is 1. The molecule has 5 nitrogen and oxygen atoms in total. The van der Waals surface area contributed by atoms with Crippen LogP contribution in [0.1, 0.15) is 21.5 Å². The van der Waals surface area contributed by atoms with Crippen LogP contribution in [0.15, 0.2) is 79.1 Å². The van der Waals surface area contributed by atoms with Crippen molar-refractivity contribution in [3.05, 3.63) is 102 Å². The smallest absolute Gasteiger partial charge is 0.255 e. The molecule has 0 spiro atoms. The molecule has 4 aromatic rings. The first kappa shape index (κ1) is 19.4. The van der Waals surface area contributed by atoms with Crippen molar-refractivity contribution in [2.24, 2.45) is 0 Å². The van der Waals surface area contributed by atoms with Crippen LogP contribution in [0.4, 0.5) is 10.1 Å². The number of carbonyl (C=O) groups excluding carboxylic acids is 1. The lowest BCUT2D eigenvalue weighted by atomic mass is 10.1. The maximum Gasteiger partial charge on any atom is 0.255 e. The number of aromatic nitrogens is 2. The van der Waals surface area contributed by atoms with E-state index in [2.05, 4.69) is 15.3 Å². The van der Waals surface area contributed by atoms with Crippen molar-refractivity contribution >= 4 is 11.6 Å². The lowest BCUT2D eigenvalue weighted by Crippen LogP contribution is -2.12. The summed E-state index contributed by atoms with van der Waals surface area (Å²) in [5.41, 5.74) is 3.96. The maximum absolute atomic E-state index is 13.0. The Balaban J connectivity index is 1.41. The second-order valence-electron chi connectivity index (χ2n) is 6.86. The number of aryl methyl sites for hydroxylation is 1. The van der Waals surface area contributed by atoms with Gasteiger partial charge in [-0.2, -0.15) is 0 Å². The van der Waals surface area contributed by atoms with Gasteiger partial charge in [0, 0.05) is 29.2 Å². The van der Waals surface area contributed by atoms with Crippen molar-refractivity contribution < 1.29 is 13.9 Å². The Hall–Kier alpha value is -3.93. The molecule has 150 valence electrons. The van der Waals surface area contributed by atoms with Crippen LogP contribution in [0.25, 0.3) is 11.4 Å². The van der Waals surface area contributed by atoms with Crippen LogP contribution in [0, 0.1) is 12.7 Å². The van der Waals surface area contributed by atoms with Crippen molar-refractivity contribution in [2.75, 3.05) is 5.32 Å². The van der Waals surface area contributed by atoms with E-state index < -0.39 is 0 Å². The fourth-order valence-electron chi connectivity index (χ4n) is 2.97. The molecule has 2 N–H and O–H groups in total. The number of nitrogens with one attached hydrogen (secondary N) is 2. The molecule has 0 saturated heterocycles. The van der Waals surface area contributed by atoms with Gasteiger partial charge in [0.1, 0.15) is 24.0 Å². The van der Waals surface area contributed by atoms with Gasteiger partial charge in [-0.15, -0.1) is 0 Å². The van der Waals surface area contributed by atoms with E-state index in [1.807, 2.05) is 25.1 Å². The molecule has 3 aromatic carbocycles. The molecule has 30 heavy (non-hydrogen) atoms. The number of carbonyl (C=O) groups is 1. The molecular weight excluding hydrogens is 381 g/mol. The molecule has 0 aliphatic carbocycles. The molecule has 0 aliphatic heterocycles. The number of rotatable bonds is 6. The summed E-state index contributed by atoms with van der Waals surface area (Å²) in [6, 6.07) is 18.8. The van der Waals surface area contributed by atoms with Crippen molar-refractivity contribution in [2.45, 2.75) is 13.5 Å². The third kappa shape index (κ3) is 4.55. The number of benzene rings is 3. The Morgan fingerprint density at radius 2 is 1.83 bits per heavy atom. The number of imidazole rings is 1. The Labute approximate surface area is 173 Å². The van der Waals surface area contributed by atoms with Crippen molar-refractivity contribution in [1.29, 1.82) is 0 Å². The van der Waals surface area contributed by atoms with Crippen LogP contribution in [0.5, 0.6) is 5.75 Å². The molecule has 0 saturated carbocycles. The van der Waals surface area contributed by atoms with Crippen molar-refractivity contribution in [3.63, 3.8) is 0 Å². The van der Waals surface area contributed by atoms with Crippen molar-refractivity contribution in [1.82, 2.24) is 9.97 Å². The topological polar surface area (TPSA) is 67.0 Å². The average Bonchev–Trinajstić information content (AvgIpc) is 3.30. The standard InChI is InChI=1S/C24H20FN3O2/c1-16-2-5-19(23-26-12-13-27-23)14-22(16)28-24(29)18-6-10-21(11-7-18)30-15-17-3-8-20(25)9-4-17/h2-14H,15H2,1H3,(H,26,27)(H,28,29). The molecule has 1 amide bonds. The van der Waals surface area contributed by atoms with Gasteiger partial charge in [-0.3, -0.25) is 4.79 Å². The SMILES string of the molecule is Cc1ccc(-c2ncc[nH]2)cc1NC(=O)c1ccc(OCc2ccc(F)cc2)cc1. The molecular formula is C24H20FN3O2. The summed E-state index contributed by atoms with van der Waals surface area (Å²) in [5.74, 6) is 0.888. The van der Waals surface area contributed by atoms with E-state index in [9.17, 15) is 9.18 Å². The number of anilines is 1. The summed E-state index contributed by atoms with van der Waals surface area (Å²) in [6.45, 7) is 2.26. The quantitative estimate of drug-likeness (QED) is 0.457. The molecule has 6 heteroatoms. The number of amides is 1. The summed E-state index contributed by atoms with van der Waals surface area (Å²) in [4.78, 5) is 20.0. The molecule has 4 rings (SSSR count). The van der Waals surface area contributed by atoms with Gasteiger partial charge >= 0.3 is 0 Å². The number of ether oxygens (including phenoxy) is 1. The Morgan fingerprint density at radius 3 is 2.53 bits per heavy atom. The number of nitrogens with zero attached hydrogens (tertiary/aromatic N) is 1. The minimum atomic E-state index is -0.279. The predicted molar refractivity (Wildman–Crippen MR) is 114 cm³/mol. The average molecular weight is 401 g/mol. The van der Waals surface area contributed by atoms with Gasteiger partial charge in [-0.25, -0.2) is 9.37 Å². The number of halogens is 1. The predicted octanol–water partition coefficient (Wildman–Crippen LogP) is 5.36. The third-order valence-corrected chi connectivity index (χ3v) is 4.69. The van der Waals surface area contributed by atoms with Gasteiger partial charge in [0.15, 0.2) is 0 Å². The van der Waals surface area contributed by atoms with E-state index >= 15 is 0 Å². The zero-order valence-corrected chi connectivity index (χ0v) is 16.4. The van der Waals surface area contributed by atoms with Crippen LogP contribution in [-0.2, 0) is 6.61 Å². The van der Waals surface area contributed by atoms with Crippen LogP contribution in [0.2, 0.25) is 0 Å². The van der Waals surface area contributed by atoms with E-state index in [0.717, 1.165) is 28.2 Å². The Kier molecular flexibility index (Phi) is 5.57. The summed E-state index contributed by atoms with van der Waals surface area (Å²) in [5, 5.41) is 2.95. The first-order valence-electron chi connectivity index (χ1n) is 9.47. The second kappa shape index (κ2) is 8.61. The molecule has 0 radical (unpaired) electrons. The van der Waals surface area contributed by atoms with Crippen LogP contribution in [0.3, 0.4) is 0 Å². The monoisotopic (exact) mass is 401 g/mol. The molecule has 0 fully saturated rings. The number of hydrogen-bond donors (Lipinski definition) is 2. The van der Waals surface area contributed by atoms with E-state index in [4.69, 9.17) is 4.74 Å². The zero-order valence-electron chi connectivity index (χ0n) is 16.4. The lowest BCUT2D eigenvalue weighted by molar-refractivity contribution is 0.102. The highest BCUT2D eigenvalue weighted by atomic mass is 19.1. The minimum absolute atomic E-state index is 0.209. The number of aromatic amines is 1. The van der Waals surface area contributed by atoms with Crippen LogP contribution < -0.4 is 10.1 Å².